The van der Waals surface area contributed by atoms with Gasteiger partial charge in [0.15, 0.2) is 5.11 Å². The van der Waals surface area contributed by atoms with Crippen LogP contribution in [0.4, 0.5) is 10.1 Å². The van der Waals surface area contributed by atoms with Crippen molar-refractivity contribution in [2.24, 2.45) is 0 Å². The fourth-order valence-corrected chi connectivity index (χ4v) is 2.88. The van der Waals surface area contributed by atoms with E-state index in [-0.39, 0.29) is 22.9 Å². The molecule has 0 saturated carbocycles. The number of carbonyl (C=O) groups excluding carboxylic acids is 1. The predicted molar refractivity (Wildman–Crippen MR) is 111 cm³/mol. The standard InChI is InChI=1S/C21H21FN2O3S/c22-16-6-3-15(4-7-16)5-12-20(25)24-21(28)23-17-8-10-18(11-9-17)27-14-19-2-1-13-26-19/h3-12,19H,1-2,13-14H2,(H2,23,24,25,28)/b12-5+/t19-/m1/s1. The van der Waals surface area contributed by atoms with Crippen molar-refractivity contribution in [1.82, 2.24) is 5.32 Å². The van der Waals surface area contributed by atoms with E-state index in [2.05, 4.69) is 10.6 Å². The average Bonchev–Trinajstić information content (AvgIpc) is 3.20. The molecule has 3 rings (SSSR count). The van der Waals surface area contributed by atoms with Gasteiger partial charge in [-0.15, -0.1) is 0 Å². The molecule has 146 valence electrons. The van der Waals surface area contributed by atoms with Crippen LogP contribution in [0, 0.1) is 5.82 Å². The monoisotopic (exact) mass is 400 g/mol. The van der Waals surface area contributed by atoms with E-state index in [4.69, 9.17) is 21.7 Å². The van der Waals surface area contributed by atoms with Gasteiger partial charge in [-0.25, -0.2) is 4.39 Å². The first-order chi connectivity index (χ1) is 13.6. The highest BCUT2D eigenvalue weighted by atomic mass is 32.1. The van der Waals surface area contributed by atoms with Gasteiger partial charge in [0.1, 0.15) is 18.2 Å². The Morgan fingerprint density at radius 3 is 2.64 bits per heavy atom. The van der Waals surface area contributed by atoms with Crippen LogP contribution in [0.3, 0.4) is 0 Å². The van der Waals surface area contributed by atoms with Crippen molar-refractivity contribution in [2.75, 3.05) is 18.5 Å². The summed E-state index contributed by atoms with van der Waals surface area (Å²) in [7, 11) is 0. The molecular formula is C21H21FN2O3S. The van der Waals surface area contributed by atoms with Crippen LogP contribution in [0.1, 0.15) is 18.4 Å². The van der Waals surface area contributed by atoms with Crippen molar-refractivity contribution in [2.45, 2.75) is 18.9 Å². The molecule has 2 aromatic carbocycles. The van der Waals surface area contributed by atoms with Gasteiger partial charge < -0.3 is 14.8 Å². The third-order valence-electron chi connectivity index (χ3n) is 4.11. The van der Waals surface area contributed by atoms with Crippen LogP contribution in [0.15, 0.2) is 54.6 Å². The van der Waals surface area contributed by atoms with E-state index in [1.54, 1.807) is 18.2 Å². The Bertz CT molecular complexity index is 832. The molecule has 0 aliphatic carbocycles. The lowest BCUT2D eigenvalue weighted by atomic mass is 10.2. The van der Waals surface area contributed by atoms with Crippen LogP contribution in [-0.2, 0) is 9.53 Å². The highest BCUT2D eigenvalue weighted by Crippen LogP contribution is 2.18. The molecule has 1 heterocycles. The van der Waals surface area contributed by atoms with Crippen molar-refractivity contribution in [1.29, 1.82) is 0 Å². The maximum Gasteiger partial charge on any atom is 0.250 e. The van der Waals surface area contributed by atoms with Crippen molar-refractivity contribution >= 4 is 35.0 Å². The Hall–Kier alpha value is -2.77. The Morgan fingerprint density at radius 2 is 1.96 bits per heavy atom. The summed E-state index contributed by atoms with van der Waals surface area (Å²) >= 11 is 5.14. The van der Waals surface area contributed by atoms with E-state index >= 15 is 0 Å². The zero-order valence-corrected chi connectivity index (χ0v) is 16.0. The second-order valence-electron chi connectivity index (χ2n) is 6.30. The highest BCUT2D eigenvalue weighted by molar-refractivity contribution is 7.80. The summed E-state index contributed by atoms with van der Waals surface area (Å²) in [6.45, 7) is 1.35. The van der Waals surface area contributed by atoms with E-state index in [0.29, 0.717) is 12.2 Å². The Labute approximate surface area is 168 Å². The third kappa shape index (κ3) is 6.44. The fourth-order valence-electron chi connectivity index (χ4n) is 2.66. The summed E-state index contributed by atoms with van der Waals surface area (Å²) in [6.07, 6.45) is 5.20. The zero-order chi connectivity index (χ0) is 19.8. The van der Waals surface area contributed by atoms with Crippen LogP contribution in [0.5, 0.6) is 5.75 Å². The van der Waals surface area contributed by atoms with Gasteiger partial charge in [-0.1, -0.05) is 12.1 Å². The number of carbonyl (C=O) groups is 1. The van der Waals surface area contributed by atoms with Crippen LogP contribution < -0.4 is 15.4 Å². The molecule has 1 saturated heterocycles. The molecule has 1 atom stereocenters. The van der Waals surface area contributed by atoms with Crippen LogP contribution in [0.2, 0.25) is 0 Å². The van der Waals surface area contributed by atoms with Gasteiger partial charge in [0.2, 0.25) is 5.91 Å². The smallest absolute Gasteiger partial charge is 0.250 e. The third-order valence-corrected chi connectivity index (χ3v) is 4.31. The Balaban J connectivity index is 1.43. The molecule has 1 aliphatic rings. The molecule has 0 aromatic heterocycles. The largest absolute Gasteiger partial charge is 0.491 e. The van der Waals surface area contributed by atoms with Gasteiger partial charge in [-0.3, -0.25) is 10.1 Å². The lowest BCUT2D eigenvalue weighted by molar-refractivity contribution is -0.115. The van der Waals surface area contributed by atoms with Crippen molar-refractivity contribution in [3.63, 3.8) is 0 Å². The summed E-state index contributed by atoms with van der Waals surface area (Å²) in [5, 5.41) is 5.68. The molecule has 0 radical (unpaired) electrons. The predicted octanol–water partition coefficient (Wildman–Crippen LogP) is 3.91. The molecule has 0 bridgehead atoms. The number of rotatable bonds is 6. The lowest BCUT2D eigenvalue weighted by Crippen LogP contribution is -2.32. The van der Waals surface area contributed by atoms with Gasteiger partial charge in [0.05, 0.1) is 6.10 Å². The quantitative estimate of drug-likeness (QED) is 0.569. The number of amides is 1. The van der Waals surface area contributed by atoms with Gasteiger partial charge in [0.25, 0.3) is 0 Å². The number of anilines is 1. The molecule has 2 aromatic rings. The average molecular weight is 400 g/mol. The number of ether oxygens (including phenoxy) is 2. The molecule has 28 heavy (non-hydrogen) atoms. The van der Waals surface area contributed by atoms with Gasteiger partial charge >= 0.3 is 0 Å². The minimum atomic E-state index is -0.377. The lowest BCUT2D eigenvalue weighted by Gasteiger charge is -2.12. The summed E-state index contributed by atoms with van der Waals surface area (Å²) in [4.78, 5) is 11.9. The highest BCUT2D eigenvalue weighted by Gasteiger charge is 2.15. The molecule has 1 fully saturated rings. The fraction of sp³-hybridized carbons (Fsp3) is 0.238. The molecular weight excluding hydrogens is 379 g/mol. The molecule has 7 heteroatoms. The minimum Gasteiger partial charge on any atom is -0.491 e. The SMILES string of the molecule is O=C(/C=C/c1ccc(F)cc1)NC(=S)Nc1ccc(OC[C@H]2CCCO2)cc1. The van der Waals surface area contributed by atoms with Crippen LogP contribution in [-0.4, -0.2) is 30.3 Å². The number of halogens is 1. The zero-order valence-electron chi connectivity index (χ0n) is 15.2. The molecule has 1 aliphatic heterocycles. The molecule has 0 unspecified atom stereocenters. The first-order valence-corrected chi connectivity index (χ1v) is 9.39. The molecule has 5 nitrogen and oxygen atoms in total. The summed E-state index contributed by atoms with van der Waals surface area (Å²) in [6, 6.07) is 13.1. The number of benzene rings is 2. The number of hydrogen-bond acceptors (Lipinski definition) is 4. The van der Waals surface area contributed by atoms with Crippen LogP contribution in [0.25, 0.3) is 6.08 Å². The van der Waals surface area contributed by atoms with Gasteiger partial charge in [0, 0.05) is 18.4 Å². The summed E-state index contributed by atoms with van der Waals surface area (Å²) in [5.41, 5.74) is 1.45. The van der Waals surface area contributed by atoms with Gasteiger partial charge in [-0.05, 0) is 73.1 Å². The Morgan fingerprint density at radius 1 is 1.21 bits per heavy atom. The summed E-state index contributed by atoms with van der Waals surface area (Å²) < 4.78 is 24.1. The number of hydrogen-bond donors (Lipinski definition) is 2. The number of thiocarbonyl (C=S) groups is 1. The Kier molecular flexibility index (Phi) is 7.11. The van der Waals surface area contributed by atoms with E-state index in [1.165, 1.54) is 18.2 Å². The summed E-state index contributed by atoms with van der Waals surface area (Å²) in [5.74, 6) is 0.0480. The maximum absolute atomic E-state index is 12.9. The number of nitrogens with one attached hydrogen (secondary N) is 2. The van der Waals surface area contributed by atoms with Crippen molar-refractivity contribution in [3.8, 4) is 5.75 Å². The van der Waals surface area contributed by atoms with Crippen LogP contribution >= 0.6 is 12.2 Å². The molecule has 1 amide bonds. The first-order valence-electron chi connectivity index (χ1n) is 8.98. The van der Waals surface area contributed by atoms with Crippen molar-refractivity contribution in [3.05, 3.63) is 66.0 Å². The second kappa shape index (κ2) is 9.96. The molecule has 0 spiro atoms. The minimum absolute atomic E-state index is 0.170. The van der Waals surface area contributed by atoms with Crippen molar-refractivity contribution < 1.29 is 18.7 Å². The topological polar surface area (TPSA) is 59.6 Å². The van der Waals surface area contributed by atoms with E-state index in [0.717, 1.165) is 30.9 Å². The first kappa shape index (κ1) is 20.0. The van der Waals surface area contributed by atoms with E-state index in [1.807, 2.05) is 24.3 Å². The maximum atomic E-state index is 12.9. The van der Waals surface area contributed by atoms with E-state index < -0.39 is 0 Å². The van der Waals surface area contributed by atoms with E-state index in [9.17, 15) is 9.18 Å². The molecule has 2 N–H and O–H groups in total. The second-order valence-corrected chi connectivity index (χ2v) is 6.71. The normalized spacial score (nSPS) is 16.1. The van der Waals surface area contributed by atoms with Gasteiger partial charge in [-0.2, -0.15) is 0 Å².